The van der Waals surface area contributed by atoms with E-state index in [4.69, 9.17) is 18.2 Å². The summed E-state index contributed by atoms with van der Waals surface area (Å²) in [6.45, 7) is 0. The highest BCUT2D eigenvalue weighted by molar-refractivity contribution is 6.21. The number of fused-ring (bicyclic) bond motifs is 12. The third kappa shape index (κ3) is 5.82. The van der Waals surface area contributed by atoms with Crippen molar-refractivity contribution in [2.45, 2.75) is 0 Å². The third-order valence-electron chi connectivity index (χ3n) is 14.2. The molecule has 0 unspecified atom stereocenters. The van der Waals surface area contributed by atoms with Crippen molar-refractivity contribution >= 4 is 87.6 Å². The SMILES string of the molecule is c1ccc(-c2cc(-c3ccc4c(c3)oc3ccccc34)cc(-c3cccc4oc5ccc(-c6ccc(-c7cccc8c9ccccc9n(-c9ccccc9)c78)c7oc8ccccc8c67)cc5c34)n2)cc1. The molecule has 10 aromatic carbocycles. The van der Waals surface area contributed by atoms with Gasteiger partial charge in [0.25, 0.3) is 0 Å². The Morgan fingerprint density at radius 1 is 0.300 bits per heavy atom. The van der Waals surface area contributed by atoms with E-state index in [1.165, 1.54) is 10.8 Å². The van der Waals surface area contributed by atoms with E-state index in [9.17, 15) is 0 Å². The number of para-hydroxylation sites is 5. The van der Waals surface area contributed by atoms with Crippen LogP contribution in [0.2, 0.25) is 0 Å². The summed E-state index contributed by atoms with van der Waals surface area (Å²) >= 11 is 0. The van der Waals surface area contributed by atoms with Gasteiger partial charge in [0.1, 0.15) is 33.5 Å². The molecule has 0 amide bonds. The molecule has 0 aliphatic carbocycles. The largest absolute Gasteiger partial charge is 0.456 e. The molecule has 15 aromatic rings. The van der Waals surface area contributed by atoms with Gasteiger partial charge in [-0.3, -0.25) is 0 Å². The predicted molar refractivity (Wildman–Crippen MR) is 288 cm³/mol. The Hall–Kier alpha value is -9.45. The number of hydrogen-bond acceptors (Lipinski definition) is 4. The Kier molecular flexibility index (Phi) is 8.29. The van der Waals surface area contributed by atoms with E-state index < -0.39 is 0 Å². The number of furan rings is 3. The summed E-state index contributed by atoms with van der Waals surface area (Å²) in [5.74, 6) is 0. The Labute approximate surface area is 400 Å². The summed E-state index contributed by atoms with van der Waals surface area (Å²) < 4.78 is 22.4. The number of pyridine rings is 1. The highest BCUT2D eigenvalue weighted by Gasteiger charge is 2.23. The predicted octanol–water partition coefficient (Wildman–Crippen LogP) is 18.2. The number of hydrogen-bond donors (Lipinski definition) is 0. The van der Waals surface area contributed by atoms with Crippen LogP contribution in [-0.4, -0.2) is 9.55 Å². The van der Waals surface area contributed by atoms with E-state index in [0.717, 1.165) is 138 Å². The fourth-order valence-corrected chi connectivity index (χ4v) is 11.1. The van der Waals surface area contributed by atoms with Crippen molar-refractivity contribution in [2.75, 3.05) is 0 Å². The van der Waals surface area contributed by atoms with Gasteiger partial charge in [0.2, 0.25) is 0 Å². The number of nitrogens with zero attached hydrogens (tertiary/aromatic N) is 2. The molecular formula is C65H38N2O3. The lowest BCUT2D eigenvalue weighted by atomic mass is 9.92. The molecule has 0 aliphatic rings. The monoisotopic (exact) mass is 894 g/mol. The average molecular weight is 895 g/mol. The van der Waals surface area contributed by atoms with Gasteiger partial charge in [-0.05, 0) is 101 Å². The van der Waals surface area contributed by atoms with Crippen molar-refractivity contribution in [3.63, 3.8) is 0 Å². The molecule has 0 fully saturated rings. The molecule has 15 rings (SSSR count). The van der Waals surface area contributed by atoms with Gasteiger partial charge in [0.05, 0.1) is 22.4 Å². The zero-order valence-electron chi connectivity index (χ0n) is 37.6. The molecule has 0 atom stereocenters. The molecule has 5 aromatic heterocycles. The lowest BCUT2D eigenvalue weighted by Crippen LogP contribution is -1.95. The molecule has 5 heterocycles. The molecular weight excluding hydrogens is 857 g/mol. The average Bonchev–Trinajstić information content (AvgIpc) is 4.20. The fraction of sp³-hybridized carbons (Fsp3) is 0. The van der Waals surface area contributed by atoms with E-state index in [2.05, 4.69) is 211 Å². The first-order valence-corrected chi connectivity index (χ1v) is 23.7. The maximum Gasteiger partial charge on any atom is 0.143 e. The summed E-state index contributed by atoms with van der Waals surface area (Å²) in [5.41, 5.74) is 18.6. The van der Waals surface area contributed by atoms with Gasteiger partial charge in [0, 0.05) is 71.0 Å². The molecule has 0 N–H and O–H groups in total. The van der Waals surface area contributed by atoms with Gasteiger partial charge in [-0.1, -0.05) is 152 Å². The minimum atomic E-state index is 0.804. The quantitative estimate of drug-likeness (QED) is 0.167. The van der Waals surface area contributed by atoms with Gasteiger partial charge in [-0.2, -0.15) is 0 Å². The van der Waals surface area contributed by atoms with E-state index in [-0.39, 0.29) is 0 Å². The Bertz CT molecular complexity index is 4590. The maximum atomic E-state index is 6.98. The molecule has 5 heteroatoms. The third-order valence-corrected chi connectivity index (χ3v) is 14.2. The Morgan fingerprint density at radius 3 is 1.80 bits per heavy atom. The Balaban J connectivity index is 0.932. The summed E-state index contributed by atoms with van der Waals surface area (Å²) in [6, 6.07) is 81.2. The van der Waals surface area contributed by atoms with Gasteiger partial charge < -0.3 is 17.8 Å². The van der Waals surface area contributed by atoms with Crippen molar-refractivity contribution in [1.82, 2.24) is 9.55 Å². The first-order chi connectivity index (χ1) is 34.7. The van der Waals surface area contributed by atoms with E-state index >= 15 is 0 Å². The van der Waals surface area contributed by atoms with Crippen LogP contribution in [0.5, 0.6) is 0 Å². The standard InChI is InChI=1S/C65H38N2O3/c1-3-15-39(16-4-1)54-36-42(40-29-31-47-46-20-8-11-26-57(46)69-61(47)38-40)37-55(66-54)51-24-14-28-60-62(51)53-35-41(30-34-59(53)68-60)44-32-33-50(65-63(44)52-21-9-12-27-58(52)70-65)49-23-13-22-48-45-19-7-10-25-56(45)67(64(48)49)43-17-5-2-6-18-43/h1-38H. The van der Waals surface area contributed by atoms with Crippen LogP contribution in [0.3, 0.4) is 0 Å². The maximum absolute atomic E-state index is 6.98. The highest BCUT2D eigenvalue weighted by atomic mass is 16.3. The van der Waals surface area contributed by atoms with Gasteiger partial charge in [-0.15, -0.1) is 0 Å². The van der Waals surface area contributed by atoms with Crippen molar-refractivity contribution < 1.29 is 13.3 Å². The van der Waals surface area contributed by atoms with Crippen LogP contribution in [-0.2, 0) is 0 Å². The lowest BCUT2D eigenvalue weighted by Gasteiger charge is -2.13. The minimum Gasteiger partial charge on any atom is -0.456 e. The molecule has 5 nitrogen and oxygen atoms in total. The molecule has 0 radical (unpaired) electrons. The topological polar surface area (TPSA) is 57.2 Å². The second-order valence-electron chi connectivity index (χ2n) is 18.1. The van der Waals surface area contributed by atoms with Gasteiger partial charge in [0.15, 0.2) is 0 Å². The van der Waals surface area contributed by atoms with Gasteiger partial charge in [-0.25, -0.2) is 4.98 Å². The summed E-state index contributed by atoms with van der Waals surface area (Å²) in [7, 11) is 0. The van der Waals surface area contributed by atoms with Gasteiger partial charge >= 0.3 is 0 Å². The first kappa shape index (κ1) is 38.6. The van der Waals surface area contributed by atoms with E-state index in [1.54, 1.807) is 0 Å². The summed E-state index contributed by atoms with van der Waals surface area (Å²) in [6.07, 6.45) is 0. The molecule has 0 saturated carbocycles. The van der Waals surface area contributed by atoms with Crippen molar-refractivity contribution in [3.8, 4) is 61.6 Å². The van der Waals surface area contributed by atoms with Crippen LogP contribution in [0.4, 0.5) is 0 Å². The molecule has 326 valence electrons. The summed E-state index contributed by atoms with van der Waals surface area (Å²) in [4.78, 5) is 5.40. The van der Waals surface area contributed by atoms with E-state index in [1.807, 2.05) is 24.3 Å². The van der Waals surface area contributed by atoms with Crippen molar-refractivity contribution in [2.24, 2.45) is 0 Å². The van der Waals surface area contributed by atoms with Crippen LogP contribution in [0.25, 0.3) is 149 Å². The number of benzene rings is 10. The number of rotatable bonds is 6. The van der Waals surface area contributed by atoms with Crippen LogP contribution >= 0.6 is 0 Å². The fourth-order valence-electron chi connectivity index (χ4n) is 11.1. The van der Waals surface area contributed by atoms with Crippen LogP contribution < -0.4 is 0 Å². The lowest BCUT2D eigenvalue weighted by molar-refractivity contribution is 0.668. The molecule has 0 bridgehead atoms. The molecule has 0 saturated heterocycles. The normalized spacial score (nSPS) is 12.0. The number of aromatic nitrogens is 2. The molecule has 70 heavy (non-hydrogen) atoms. The van der Waals surface area contributed by atoms with Crippen LogP contribution in [0.1, 0.15) is 0 Å². The second kappa shape index (κ2) is 15.0. The zero-order valence-corrected chi connectivity index (χ0v) is 37.6. The van der Waals surface area contributed by atoms with Crippen LogP contribution in [0, 0.1) is 0 Å². The van der Waals surface area contributed by atoms with Crippen LogP contribution in [0.15, 0.2) is 244 Å². The molecule has 0 spiro atoms. The molecule has 0 aliphatic heterocycles. The second-order valence-corrected chi connectivity index (χ2v) is 18.1. The minimum absolute atomic E-state index is 0.804. The smallest absolute Gasteiger partial charge is 0.143 e. The zero-order chi connectivity index (χ0) is 45.9. The van der Waals surface area contributed by atoms with Crippen molar-refractivity contribution in [3.05, 3.63) is 231 Å². The first-order valence-electron chi connectivity index (χ1n) is 23.7. The summed E-state index contributed by atoms with van der Waals surface area (Å²) in [5, 5.41) is 8.79. The van der Waals surface area contributed by atoms with Crippen molar-refractivity contribution in [1.29, 1.82) is 0 Å². The Morgan fingerprint density at radius 2 is 0.929 bits per heavy atom. The van der Waals surface area contributed by atoms with E-state index in [0.29, 0.717) is 0 Å². The highest BCUT2D eigenvalue weighted by Crippen LogP contribution is 2.47.